The Morgan fingerprint density at radius 1 is 0.514 bits per heavy atom. The highest BCUT2D eigenvalue weighted by Gasteiger charge is 2.52. The highest BCUT2D eigenvalue weighted by molar-refractivity contribution is 7.20. The van der Waals surface area contributed by atoms with Crippen LogP contribution in [0.2, 0.25) is 0 Å². The molecule has 0 aliphatic carbocycles. The Balaban J connectivity index is 0.000000266. The lowest BCUT2D eigenvalue weighted by molar-refractivity contribution is -0.683. The first-order valence-corrected chi connectivity index (χ1v) is 18.9. The second kappa shape index (κ2) is 20.5. The number of esters is 1. The van der Waals surface area contributed by atoms with E-state index in [0.29, 0.717) is 11.3 Å². The maximum absolute atomic E-state index is 15.4. The molecule has 29 heteroatoms. The SMILES string of the molecule is Fc1c(F)c(F)c([B-](c2c(F)c(F)c(F)c(F)c2F)(c2c(F)c(F)c(F)c(F)c2F)c2c(F)c(F)c(F)c(F)c2F)c(F)c1F.[N-]=[N+]=Nc1cccc(OC(=O)c2c[n+](CC(=O)c3ccccc3)ccn2)c1. The Hall–Kier alpha value is -8.49. The van der Waals surface area contributed by atoms with Crippen LogP contribution in [0.15, 0.2) is 78.3 Å². The number of ether oxygens (including phenoxy) is 1. The largest absolute Gasteiger partial charge is 0.422 e. The van der Waals surface area contributed by atoms with Crippen molar-refractivity contribution in [2.75, 3.05) is 0 Å². The first-order chi connectivity index (χ1) is 33.9. The van der Waals surface area contributed by atoms with E-state index in [-0.39, 0.29) is 23.8 Å². The standard InChI is InChI=1S/C24BF20.C19H14N5O3/c26-5-1(6(27)14(35)21(42)13(5)34)25(2-7(28)15(36)22(43)16(37)8(2)29,3-9(30)17(38)23(44)18(39)10(3)31)4-11(32)19(40)24(45)20(41)12(4)33;20-23-22-15-7-4-8-16(11-15)27-19(26)17-12-24(10-9-21-17)13-18(25)14-5-2-1-3-6-14/h;1-12H,13H2/q-1;+1. The van der Waals surface area contributed by atoms with Crippen LogP contribution in [0.1, 0.15) is 20.8 Å². The average molecular weight is 1040 g/mol. The fraction of sp³-hybridized carbons (Fsp3) is 0.0233. The summed E-state index contributed by atoms with van der Waals surface area (Å²) in [6.07, 6.45) is -2.75. The van der Waals surface area contributed by atoms with Gasteiger partial charge in [-0.2, -0.15) is 4.57 Å². The van der Waals surface area contributed by atoms with Gasteiger partial charge in [0.1, 0.15) is 58.4 Å². The normalized spacial score (nSPS) is 11.2. The fourth-order valence-electron chi connectivity index (χ4n) is 7.21. The topological polar surface area (TPSA) is 109 Å². The summed E-state index contributed by atoms with van der Waals surface area (Å²) in [5.74, 6) is -72.0. The Morgan fingerprint density at radius 2 is 0.875 bits per heavy atom. The zero-order valence-electron chi connectivity index (χ0n) is 34.2. The van der Waals surface area contributed by atoms with Crippen molar-refractivity contribution >= 4 is 45.4 Å². The molecule has 0 amide bonds. The van der Waals surface area contributed by atoms with Gasteiger partial charge >= 0.3 is 5.97 Å². The number of aromatic nitrogens is 2. The summed E-state index contributed by atoms with van der Waals surface area (Å²) in [6, 6.07) is 15.1. The van der Waals surface area contributed by atoms with Gasteiger partial charge in [0, 0.05) is 16.2 Å². The van der Waals surface area contributed by atoms with Crippen molar-refractivity contribution in [1.82, 2.24) is 4.98 Å². The van der Waals surface area contributed by atoms with Gasteiger partial charge in [0.05, 0.1) is 6.20 Å². The molecular formula is C43H14BF20N5O3. The number of azide groups is 1. The second-order valence-electron chi connectivity index (χ2n) is 14.3. The zero-order valence-corrected chi connectivity index (χ0v) is 34.2. The molecule has 0 bridgehead atoms. The van der Waals surface area contributed by atoms with E-state index in [2.05, 4.69) is 15.0 Å². The quantitative estimate of drug-likeness (QED) is 0.0116. The summed E-state index contributed by atoms with van der Waals surface area (Å²) >= 11 is 0. The van der Waals surface area contributed by atoms with Crippen molar-refractivity contribution in [3.05, 3.63) is 211 Å². The summed E-state index contributed by atoms with van der Waals surface area (Å²) < 4.78 is 301. The fourth-order valence-corrected chi connectivity index (χ4v) is 7.21. The van der Waals surface area contributed by atoms with Crippen molar-refractivity contribution in [3.8, 4) is 5.75 Å². The van der Waals surface area contributed by atoms with E-state index in [0.717, 1.165) is 0 Å². The molecule has 72 heavy (non-hydrogen) atoms. The molecule has 0 N–H and O–H groups in total. The van der Waals surface area contributed by atoms with Gasteiger partial charge in [0.2, 0.25) is 24.2 Å². The lowest BCUT2D eigenvalue weighted by Crippen LogP contribution is -2.81. The highest BCUT2D eigenvalue weighted by Crippen LogP contribution is 2.31. The van der Waals surface area contributed by atoms with E-state index in [4.69, 9.17) is 10.3 Å². The molecule has 1 heterocycles. The van der Waals surface area contributed by atoms with E-state index < -0.39 is 150 Å². The molecule has 7 rings (SSSR count). The van der Waals surface area contributed by atoms with Gasteiger partial charge < -0.3 is 4.74 Å². The van der Waals surface area contributed by atoms with Crippen molar-refractivity contribution in [2.24, 2.45) is 5.11 Å². The molecule has 0 aliphatic heterocycles. The molecule has 0 saturated heterocycles. The van der Waals surface area contributed by atoms with Crippen LogP contribution < -0.4 is 31.2 Å². The first-order valence-electron chi connectivity index (χ1n) is 18.9. The minimum absolute atomic E-state index is 0.0487. The average Bonchev–Trinajstić information content (AvgIpc) is 3.37. The van der Waals surface area contributed by atoms with Gasteiger partial charge in [-0.05, 0) is 17.7 Å². The van der Waals surface area contributed by atoms with E-state index in [1.165, 1.54) is 18.5 Å². The Kier molecular flexibility index (Phi) is 15.0. The number of Topliss-reactive ketones (excluding diaryl/α,β-unsaturated/α-hetero) is 1. The molecule has 372 valence electrons. The van der Waals surface area contributed by atoms with Crippen LogP contribution in [0.4, 0.5) is 93.5 Å². The van der Waals surface area contributed by atoms with Crippen LogP contribution in [0.3, 0.4) is 0 Å². The molecule has 6 aromatic carbocycles. The predicted octanol–water partition coefficient (Wildman–Crippen LogP) is 9.26. The maximum atomic E-state index is 15.4. The Morgan fingerprint density at radius 3 is 1.24 bits per heavy atom. The Labute approximate surface area is 385 Å². The molecule has 0 saturated carbocycles. The third-order valence-corrected chi connectivity index (χ3v) is 10.3. The number of benzene rings is 6. The van der Waals surface area contributed by atoms with Crippen molar-refractivity contribution in [2.45, 2.75) is 6.54 Å². The van der Waals surface area contributed by atoms with Crippen LogP contribution in [0.5, 0.6) is 5.75 Å². The Bertz CT molecular complexity index is 3060. The molecule has 1 aromatic heterocycles. The van der Waals surface area contributed by atoms with Crippen LogP contribution >= 0.6 is 0 Å². The number of nitrogens with zero attached hydrogens (tertiary/aromatic N) is 5. The molecule has 8 nitrogen and oxygen atoms in total. The number of hydrogen-bond acceptors (Lipinski definition) is 5. The summed E-state index contributed by atoms with van der Waals surface area (Å²) in [4.78, 5) is 31.3. The monoisotopic (exact) mass is 1040 g/mol. The van der Waals surface area contributed by atoms with Crippen LogP contribution in [0, 0.1) is 116 Å². The lowest BCUT2D eigenvalue weighted by Gasteiger charge is -2.44. The van der Waals surface area contributed by atoms with Gasteiger partial charge in [-0.3, -0.25) is 4.79 Å². The zero-order chi connectivity index (χ0) is 53.4. The van der Waals surface area contributed by atoms with Crippen molar-refractivity contribution < 1.29 is 107 Å². The molecule has 0 radical (unpaired) electrons. The van der Waals surface area contributed by atoms with Gasteiger partial charge in [-0.15, -0.1) is 21.9 Å². The number of halogens is 20. The molecule has 0 atom stereocenters. The molecule has 0 spiro atoms. The molecular weight excluding hydrogens is 1030 g/mol. The third kappa shape index (κ3) is 8.97. The number of hydrogen-bond donors (Lipinski definition) is 0. The first kappa shape index (κ1) is 52.9. The summed E-state index contributed by atoms with van der Waals surface area (Å²) in [5, 5.41) is 3.45. The van der Waals surface area contributed by atoms with Gasteiger partial charge in [0.15, 0.2) is 76.0 Å². The molecule has 0 fully saturated rings. The van der Waals surface area contributed by atoms with Gasteiger partial charge in [0.25, 0.3) is 0 Å². The summed E-state index contributed by atoms with van der Waals surface area (Å²) in [5.41, 5.74) is -4.90. The molecule has 0 unspecified atom stereocenters. The minimum Gasteiger partial charge on any atom is -0.422 e. The van der Waals surface area contributed by atoms with E-state index >= 15 is 35.1 Å². The van der Waals surface area contributed by atoms with E-state index in [9.17, 15) is 62.3 Å². The lowest BCUT2D eigenvalue weighted by atomic mass is 9.12. The summed E-state index contributed by atoms with van der Waals surface area (Å²) in [6.45, 7) is 0.0686. The van der Waals surface area contributed by atoms with Crippen LogP contribution in [-0.2, 0) is 6.54 Å². The van der Waals surface area contributed by atoms with Gasteiger partial charge in [-0.1, -0.05) is 47.6 Å². The minimum atomic E-state index is -7.22. The molecule has 0 aliphatic rings. The number of ketones is 1. The van der Waals surface area contributed by atoms with E-state index in [1.807, 2.05) is 6.07 Å². The third-order valence-electron chi connectivity index (χ3n) is 10.3. The number of carbonyl (C=O) groups excluding carboxylic acids is 2. The van der Waals surface area contributed by atoms with Crippen molar-refractivity contribution in [1.29, 1.82) is 0 Å². The second-order valence-corrected chi connectivity index (χ2v) is 14.3. The highest BCUT2D eigenvalue weighted by atomic mass is 19.2. The van der Waals surface area contributed by atoms with Crippen LogP contribution in [-0.4, -0.2) is 22.9 Å². The predicted molar refractivity (Wildman–Crippen MR) is 205 cm³/mol. The smallest absolute Gasteiger partial charge is 0.368 e. The van der Waals surface area contributed by atoms with Crippen molar-refractivity contribution in [3.63, 3.8) is 0 Å². The van der Waals surface area contributed by atoms with Gasteiger partial charge in [-0.25, -0.2) is 97.6 Å². The number of carbonyl (C=O) groups is 2. The number of rotatable bonds is 10. The maximum Gasteiger partial charge on any atom is 0.368 e. The van der Waals surface area contributed by atoms with E-state index in [1.54, 1.807) is 53.2 Å². The summed E-state index contributed by atoms with van der Waals surface area (Å²) in [7, 11) is 0. The molecule has 7 aromatic rings. The van der Waals surface area contributed by atoms with Crippen LogP contribution in [0.25, 0.3) is 10.4 Å².